The predicted octanol–water partition coefficient (Wildman–Crippen LogP) is 10.4. The third-order valence-electron chi connectivity index (χ3n) is 7.92. The molecule has 1 atom stereocenters. The molecule has 1 unspecified atom stereocenters. The molecule has 214 valence electrons. The van der Waals surface area contributed by atoms with Crippen LogP contribution in [0.15, 0.2) is 157 Å². The highest BCUT2D eigenvalue weighted by Gasteiger charge is 2.23. The summed E-state index contributed by atoms with van der Waals surface area (Å²) in [4.78, 5) is 4.61. The zero-order valence-electron chi connectivity index (χ0n) is 24.9. The van der Waals surface area contributed by atoms with Crippen LogP contribution < -0.4 is 14.5 Å². The number of rotatable bonds is 9. The second-order valence-corrected chi connectivity index (χ2v) is 10.7. The van der Waals surface area contributed by atoms with Crippen LogP contribution >= 0.6 is 0 Å². The monoisotopic (exact) mass is 564 g/mol. The quantitative estimate of drug-likeness (QED) is 0.178. The average Bonchev–Trinajstić information content (AvgIpc) is 3.08. The van der Waals surface area contributed by atoms with E-state index in [0.717, 1.165) is 46.4 Å². The van der Waals surface area contributed by atoms with Crippen molar-refractivity contribution < 1.29 is 9.47 Å². The first-order chi connectivity index (χ1) is 21.1. The number of allylic oxidation sites excluding steroid dienone is 4. The fraction of sp³-hybridized carbons (Fsp3) is 0.128. The number of ether oxygens (including phenoxy) is 2. The van der Waals surface area contributed by atoms with Crippen LogP contribution in [-0.4, -0.2) is 14.2 Å². The first-order valence-corrected chi connectivity index (χ1v) is 14.6. The summed E-state index contributed by atoms with van der Waals surface area (Å²) in [5.41, 5.74) is 9.14. The van der Waals surface area contributed by atoms with E-state index in [1.54, 1.807) is 14.2 Å². The molecular weight excluding hydrogens is 528 g/mol. The number of benzene rings is 5. The Bertz CT molecular complexity index is 1690. The molecule has 0 fully saturated rings. The van der Waals surface area contributed by atoms with Crippen LogP contribution in [0.25, 0.3) is 11.1 Å². The number of hydrogen-bond donors (Lipinski definition) is 0. The third kappa shape index (κ3) is 6.05. The van der Waals surface area contributed by atoms with Gasteiger partial charge in [-0.05, 0) is 96.1 Å². The lowest BCUT2D eigenvalue weighted by Crippen LogP contribution is -2.23. The van der Waals surface area contributed by atoms with Gasteiger partial charge in [-0.15, -0.1) is 0 Å². The molecule has 0 aliphatic heterocycles. The van der Waals surface area contributed by atoms with Gasteiger partial charge in [0.1, 0.15) is 5.75 Å². The van der Waals surface area contributed by atoms with E-state index in [1.165, 1.54) is 16.8 Å². The van der Waals surface area contributed by atoms with E-state index in [2.05, 4.69) is 144 Å². The third-order valence-corrected chi connectivity index (χ3v) is 7.92. The summed E-state index contributed by atoms with van der Waals surface area (Å²) < 4.78 is 10.9. The van der Waals surface area contributed by atoms with Gasteiger partial charge in [-0.1, -0.05) is 67.6 Å². The Labute approximate surface area is 254 Å². The fourth-order valence-corrected chi connectivity index (χ4v) is 5.65. The topological polar surface area (TPSA) is 24.9 Å². The van der Waals surface area contributed by atoms with Gasteiger partial charge >= 0.3 is 0 Å². The van der Waals surface area contributed by atoms with Crippen LogP contribution in [0.4, 0.5) is 28.4 Å². The molecule has 0 saturated heterocycles. The molecule has 0 bridgehead atoms. The molecule has 1 aliphatic carbocycles. The lowest BCUT2D eigenvalue weighted by atomic mass is 9.95. The highest BCUT2D eigenvalue weighted by molar-refractivity contribution is 5.79. The van der Waals surface area contributed by atoms with Crippen molar-refractivity contribution >= 4 is 28.4 Å². The molecule has 0 aromatic heterocycles. The van der Waals surface area contributed by atoms with Crippen molar-refractivity contribution in [2.24, 2.45) is 5.92 Å². The number of hydrogen-bond acceptors (Lipinski definition) is 4. The fourth-order valence-electron chi connectivity index (χ4n) is 5.65. The summed E-state index contributed by atoms with van der Waals surface area (Å²) >= 11 is 0. The summed E-state index contributed by atoms with van der Waals surface area (Å²) in [5, 5.41) is 0. The smallest absolute Gasteiger partial charge is 0.119 e. The normalized spacial score (nSPS) is 14.3. The predicted molar refractivity (Wildman–Crippen MR) is 179 cm³/mol. The molecule has 1 aliphatic rings. The molecule has 4 nitrogen and oxygen atoms in total. The Kier molecular flexibility index (Phi) is 8.28. The lowest BCUT2D eigenvalue weighted by Gasteiger charge is -2.33. The van der Waals surface area contributed by atoms with Gasteiger partial charge in [0, 0.05) is 46.5 Å². The van der Waals surface area contributed by atoms with Gasteiger partial charge in [0.25, 0.3) is 0 Å². The standard InChI is InChI=1S/C39H36N2O2/c1-29-28-38(43-3)26-27-39(29)41(33-12-8-5-9-13-33)36-20-16-31(17-21-36)30-14-18-34(19-15-30)40(32-10-6-4-7-11-32)35-22-24-37(42-2)25-23-35/h4-27,29H,28H2,1-3H3. The molecule has 0 saturated carbocycles. The molecule has 43 heavy (non-hydrogen) atoms. The van der Waals surface area contributed by atoms with Gasteiger partial charge in [0.05, 0.1) is 20.0 Å². The van der Waals surface area contributed by atoms with Crippen LogP contribution in [0.2, 0.25) is 0 Å². The largest absolute Gasteiger partial charge is 0.501 e. The van der Waals surface area contributed by atoms with Crippen molar-refractivity contribution in [1.82, 2.24) is 0 Å². The van der Waals surface area contributed by atoms with Gasteiger partial charge in [-0.3, -0.25) is 0 Å². The highest BCUT2D eigenvalue weighted by Crippen LogP contribution is 2.39. The Balaban J connectivity index is 1.30. The van der Waals surface area contributed by atoms with Crippen LogP contribution in [0, 0.1) is 5.92 Å². The van der Waals surface area contributed by atoms with Crippen LogP contribution in [-0.2, 0) is 4.74 Å². The zero-order chi connectivity index (χ0) is 29.6. The van der Waals surface area contributed by atoms with E-state index in [1.807, 2.05) is 18.2 Å². The Hall–Kier alpha value is -5.22. The van der Waals surface area contributed by atoms with E-state index in [9.17, 15) is 0 Å². The summed E-state index contributed by atoms with van der Waals surface area (Å²) in [6.07, 6.45) is 5.16. The van der Waals surface area contributed by atoms with Gasteiger partial charge in [-0.2, -0.15) is 0 Å². The minimum Gasteiger partial charge on any atom is -0.501 e. The maximum Gasteiger partial charge on any atom is 0.119 e. The van der Waals surface area contributed by atoms with Gasteiger partial charge in [-0.25, -0.2) is 0 Å². The average molecular weight is 565 g/mol. The second-order valence-electron chi connectivity index (χ2n) is 10.7. The summed E-state index contributed by atoms with van der Waals surface area (Å²) in [7, 11) is 3.44. The lowest BCUT2D eigenvalue weighted by molar-refractivity contribution is 0.265. The van der Waals surface area contributed by atoms with Crippen LogP contribution in [0.1, 0.15) is 13.3 Å². The van der Waals surface area contributed by atoms with E-state index in [-0.39, 0.29) is 0 Å². The number of nitrogens with zero attached hydrogens (tertiary/aromatic N) is 2. The number of para-hydroxylation sites is 2. The molecule has 0 radical (unpaired) electrons. The molecule has 0 spiro atoms. The maximum absolute atomic E-state index is 5.54. The number of anilines is 5. The Morgan fingerprint density at radius 1 is 0.488 bits per heavy atom. The highest BCUT2D eigenvalue weighted by atomic mass is 16.5. The van der Waals surface area contributed by atoms with Crippen molar-refractivity contribution in [2.45, 2.75) is 13.3 Å². The van der Waals surface area contributed by atoms with Gasteiger partial charge in [0.2, 0.25) is 0 Å². The summed E-state index contributed by atoms with van der Waals surface area (Å²) in [5.74, 6) is 2.18. The van der Waals surface area contributed by atoms with E-state index in [4.69, 9.17) is 9.47 Å². The van der Waals surface area contributed by atoms with Gasteiger partial charge < -0.3 is 19.3 Å². The molecule has 5 aromatic carbocycles. The molecule has 0 N–H and O–H groups in total. The van der Waals surface area contributed by atoms with Crippen molar-refractivity contribution in [3.05, 3.63) is 157 Å². The Morgan fingerprint density at radius 2 is 0.930 bits per heavy atom. The second kappa shape index (κ2) is 12.7. The van der Waals surface area contributed by atoms with E-state index >= 15 is 0 Å². The zero-order valence-corrected chi connectivity index (χ0v) is 24.9. The molecule has 4 heteroatoms. The molecule has 6 rings (SSSR count). The van der Waals surface area contributed by atoms with Gasteiger partial charge in [0.15, 0.2) is 0 Å². The van der Waals surface area contributed by atoms with Crippen molar-refractivity contribution in [3.63, 3.8) is 0 Å². The molecule has 0 heterocycles. The minimum absolute atomic E-state index is 0.325. The molecule has 5 aromatic rings. The van der Waals surface area contributed by atoms with E-state index in [0.29, 0.717) is 5.92 Å². The summed E-state index contributed by atoms with van der Waals surface area (Å²) in [6.45, 7) is 2.26. The van der Waals surface area contributed by atoms with Crippen molar-refractivity contribution in [2.75, 3.05) is 24.0 Å². The molecule has 0 amide bonds. The van der Waals surface area contributed by atoms with Crippen LogP contribution in [0.3, 0.4) is 0 Å². The van der Waals surface area contributed by atoms with Crippen molar-refractivity contribution in [3.8, 4) is 16.9 Å². The molecular formula is C39H36N2O2. The van der Waals surface area contributed by atoms with Crippen LogP contribution in [0.5, 0.6) is 5.75 Å². The SMILES string of the molecule is COC1=CC=C(N(c2ccccc2)c2ccc(-c3ccc(N(c4ccccc4)c4ccc(OC)cc4)cc3)cc2)C(C)C1. The number of methoxy groups -OCH3 is 2. The van der Waals surface area contributed by atoms with E-state index < -0.39 is 0 Å². The summed E-state index contributed by atoms with van der Waals surface area (Å²) in [6, 6.07) is 46.8. The minimum atomic E-state index is 0.325. The van der Waals surface area contributed by atoms with Crippen molar-refractivity contribution in [1.29, 1.82) is 0 Å². The maximum atomic E-state index is 5.54. The first kappa shape index (κ1) is 27.9. The first-order valence-electron chi connectivity index (χ1n) is 14.6. The Morgan fingerprint density at radius 3 is 1.40 bits per heavy atom.